The molecule has 1 aromatic heterocycles. The van der Waals surface area contributed by atoms with Gasteiger partial charge in [0.1, 0.15) is 0 Å². The number of nitrogens with zero attached hydrogens (tertiary/aromatic N) is 2. The second-order valence-corrected chi connectivity index (χ2v) is 8.23. The summed E-state index contributed by atoms with van der Waals surface area (Å²) in [5.74, 6) is 0.572. The summed E-state index contributed by atoms with van der Waals surface area (Å²) in [6, 6.07) is 8.15. The highest BCUT2D eigenvalue weighted by atomic mass is 35.5. The third kappa shape index (κ3) is 2.73. The number of fused-ring (bicyclic) bond motifs is 1. The number of aliphatic hydroxyl groups is 1. The lowest BCUT2D eigenvalue weighted by molar-refractivity contribution is 0.239. The van der Waals surface area contributed by atoms with Gasteiger partial charge in [-0.2, -0.15) is 11.3 Å². The van der Waals surface area contributed by atoms with Gasteiger partial charge >= 0.3 is 0 Å². The number of anilines is 1. The Kier molecular flexibility index (Phi) is 4.00. The zero-order valence-electron chi connectivity index (χ0n) is 14.2. The topological polar surface area (TPSA) is 35.8 Å². The third-order valence-corrected chi connectivity index (χ3v) is 6.34. The van der Waals surface area contributed by atoms with Crippen LogP contribution in [0.4, 0.5) is 11.4 Å². The molecule has 1 N–H and O–H groups in total. The minimum absolute atomic E-state index is 0.138. The monoisotopic (exact) mass is 382 g/mol. The van der Waals surface area contributed by atoms with E-state index in [9.17, 15) is 5.11 Å². The third-order valence-electron chi connectivity index (χ3n) is 5.32. The molecule has 1 aromatic carbocycles. The fourth-order valence-corrected chi connectivity index (χ4v) is 4.79. The number of aliphatic hydroxyl groups excluding tert-OH is 1. The molecule has 0 spiro atoms. The largest absolute Gasteiger partial charge is 0.368 e. The minimum Gasteiger partial charge on any atom is -0.368 e. The maximum Gasteiger partial charge on any atom is 0.171 e. The van der Waals surface area contributed by atoms with E-state index < -0.39 is 6.23 Å². The number of thiophene rings is 1. The lowest BCUT2D eigenvalue weighted by atomic mass is 9.98. The predicted octanol–water partition coefficient (Wildman–Crippen LogP) is 5.44. The standard InChI is InChI=1S/C21H19ClN2OS/c22-18-8-7-14(11-17(18)13-5-6-13)23-20-16-3-1-2-4-19(16)24(21(20)25)15-9-10-26-12-15/h1-3,7-13,19,21,25H,4-6H2. The summed E-state index contributed by atoms with van der Waals surface area (Å²) < 4.78 is 0. The van der Waals surface area contributed by atoms with E-state index in [1.165, 1.54) is 18.4 Å². The number of halogens is 1. The lowest BCUT2D eigenvalue weighted by Gasteiger charge is -2.28. The fraction of sp³-hybridized carbons (Fsp3) is 0.286. The highest BCUT2D eigenvalue weighted by Gasteiger charge is 2.42. The number of allylic oxidation sites excluding steroid dienone is 2. The van der Waals surface area contributed by atoms with Crippen molar-refractivity contribution in [3.63, 3.8) is 0 Å². The summed E-state index contributed by atoms with van der Waals surface area (Å²) >= 11 is 7.99. The van der Waals surface area contributed by atoms with Gasteiger partial charge in [0.25, 0.3) is 0 Å². The Morgan fingerprint density at radius 2 is 2.12 bits per heavy atom. The van der Waals surface area contributed by atoms with Gasteiger partial charge in [-0.3, -0.25) is 0 Å². The first kappa shape index (κ1) is 16.3. The molecule has 2 aromatic rings. The summed E-state index contributed by atoms with van der Waals surface area (Å²) in [5.41, 5.74) is 4.95. The van der Waals surface area contributed by atoms with Crippen molar-refractivity contribution >= 4 is 40.0 Å². The molecule has 1 aliphatic heterocycles. The van der Waals surface area contributed by atoms with E-state index in [-0.39, 0.29) is 6.04 Å². The minimum atomic E-state index is -0.735. The van der Waals surface area contributed by atoms with Gasteiger partial charge in [-0.05, 0) is 60.4 Å². The molecular formula is C21H19ClN2OS. The SMILES string of the molecule is OC1C(=Nc2ccc(Cl)c(C3CC3)c2)C2=CC=CCC2N1c1ccsc1. The fourth-order valence-electron chi connectivity index (χ4n) is 3.88. The van der Waals surface area contributed by atoms with Gasteiger partial charge in [0, 0.05) is 16.0 Å². The zero-order valence-corrected chi connectivity index (χ0v) is 15.7. The van der Waals surface area contributed by atoms with Crippen LogP contribution >= 0.6 is 22.9 Å². The van der Waals surface area contributed by atoms with Crippen molar-refractivity contribution in [1.82, 2.24) is 0 Å². The molecule has 5 rings (SSSR count). The van der Waals surface area contributed by atoms with Gasteiger partial charge in [-0.25, -0.2) is 4.99 Å². The van der Waals surface area contributed by atoms with Crippen LogP contribution in [0, 0.1) is 0 Å². The number of hydrogen-bond acceptors (Lipinski definition) is 4. The van der Waals surface area contributed by atoms with E-state index in [2.05, 4.69) is 40.6 Å². The molecule has 3 nitrogen and oxygen atoms in total. The predicted molar refractivity (Wildman–Crippen MR) is 109 cm³/mol. The molecule has 2 heterocycles. The van der Waals surface area contributed by atoms with Crippen LogP contribution in [0.15, 0.2) is 63.8 Å². The molecule has 1 saturated heterocycles. The Bertz CT molecular complexity index is 927. The first-order valence-corrected chi connectivity index (χ1v) is 10.3. The van der Waals surface area contributed by atoms with E-state index in [0.717, 1.165) is 34.1 Å². The van der Waals surface area contributed by atoms with Gasteiger partial charge < -0.3 is 10.0 Å². The molecule has 5 heteroatoms. The van der Waals surface area contributed by atoms with Crippen molar-refractivity contribution in [2.45, 2.75) is 37.5 Å². The van der Waals surface area contributed by atoms with Crippen molar-refractivity contribution in [2.24, 2.45) is 4.99 Å². The van der Waals surface area contributed by atoms with Crippen LogP contribution in [0.3, 0.4) is 0 Å². The van der Waals surface area contributed by atoms with Crippen molar-refractivity contribution < 1.29 is 5.11 Å². The van der Waals surface area contributed by atoms with E-state index in [1.54, 1.807) is 11.3 Å². The first-order valence-electron chi connectivity index (χ1n) is 8.96. The Morgan fingerprint density at radius 1 is 1.23 bits per heavy atom. The van der Waals surface area contributed by atoms with Crippen LogP contribution in [0.25, 0.3) is 0 Å². The molecule has 132 valence electrons. The molecule has 26 heavy (non-hydrogen) atoms. The highest BCUT2D eigenvalue weighted by molar-refractivity contribution is 7.08. The highest BCUT2D eigenvalue weighted by Crippen LogP contribution is 2.45. The molecule has 2 unspecified atom stereocenters. The number of rotatable bonds is 3. The first-order chi connectivity index (χ1) is 12.7. The van der Waals surface area contributed by atoms with Crippen molar-refractivity contribution in [3.05, 3.63) is 69.4 Å². The van der Waals surface area contributed by atoms with Gasteiger partial charge in [-0.1, -0.05) is 29.8 Å². The van der Waals surface area contributed by atoms with Crippen molar-refractivity contribution in [1.29, 1.82) is 0 Å². The smallest absolute Gasteiger partial charge is 0.171 e. The van der Waals surface area contributed by atoms with Gasteiger partial charge in [0.2, 0.25) is 0 Å². The van der Waals surface area contributed by atoms with Crippen LogP contribution in [-0.2, 0) is 0 Å². The molecule has 2 atom stereocenters. The van der Waals surface area contributed by atoms with E-state index >= 15 is 0 Å². The maximum absolute atomic E-state index is 11.1. The molecule has 2 aliphatic carbocycles. The van der Waals surface area contributed by atoms with Crippen LogP contribution in [0.2, 0.25) is 5.02 Å². The van der Waals surface area contributed by atoms with Gasteiger partial charge in [-0.15, -0.1) is 0 Å². The summed E-state index contributed by atoms with van der Waals surface area (Å²) in [7, 11) is 0. The van der Waals surface area contributed by atoms with Crippen molar-refractivity contribution in [3.8, 4) is 0 Å². The number of aliphatic imine (C=N–C) groups is 1. The Hall–Kier alpha value is -1.88. The number of benzene rings is 1. The quantitative estimate of drug-likeness (QED) is 0.766. The van der Waals surface area contributed by atoms with Crippen LogP contribution in [-0.4, -0.2) is 23.1 Å². The average molecular weight is 383 g/mol. The van der Waals surface area contributed by atoms with E-state index in [0.29, 0.717) is 5.92 Å². The normalized spacial score (nSPS) is 26.3. The van der Waals surface area contributed by atoms with Crippen molar-refractivity contribution in [2.75, 3.05) is 4.90 Å². The summed E-state index contributed by atoms with van der Waals surface area (Å²) in [6.07, 6.45) is 8.84. The Balaban J connectivity index is 1.57. The maximum atomic E-state index is 11.1. The zero-order chi connectivity index (χ0) is 17.7. The molecule has 2 fully saturated rings. The second kappa shape index (κ2) is 6.38. The van der Waals surface area contributed by atoms with E-state index in [4.69, 9.17) is 16.6 Å². The summed E-state index contributed by atoms with van der Waals surface area (Å²) in [4.78, 5) is 6.93. The average Bonchev–Trinajstić information content (AvgIpc) is 3.29. The van der Waals surface area contributed by atoms with E-state index in [1.807, 2.05) is 17.5 Å². The van der Waals surface area contributed by atoms with Crippen LogP contribution in [0.1, 0.15) is 30.7 Å². The molecular weight excluding hydrogens is 364 g/mol. The molecule has 0 bridgehead atoms. The lowest BCUT2D eigenvalue weighted by Crippen LogP contribution is -2.37. The molecule has 3 aliphatic rings. The second-order valence-electron chi connectivity index (χ2n) is 7.04. The molecule has 0 amide bonds. The number of hydrogen-bond donors (Lipinski definition) is 1. The Morgan fingerprint density at radius 3 is 2.88 bits per heavy atom. The van der Waals surface area contributed by atoms with Gasteiger partial charge in [0.05, 0.1) is 23.1 Å². The van der Waals surface area contributed by atoms with Crippen LogP contribution < -0.4 is 4.90 Å². The molecule has 1 saturated carbocycles. The summed E-state index contributed by atoms with van der Waals surface area (Å²) in [6.45, 7) is 0. The summed E-state index contributed by atoms with van der Waals surface area (Å²) in [5, 5.41) is 16.0. The van der Waals surface area contributed by atoms with Crippen LogP contribution in [0.5, 0.6) is 0 Å². The Labute approximate surface area is 161 Å². The van der Waals surface area contributed by atoms with Gasteiger partial charge in [0.15, 0.2) is 6.23 Å². The molecule has 0 radical (unpaired) electrons.